The average molecular weight is 228 g/mol. The summed E-state index contributed by atoms with van der Waals surface area (Å²) in [6.07, 6.45) is 0.854. The molecule has 0 bridgehead atoms. The number of phosphoric ester groups is 1. The molecule has 0 saturated carbocycles. The van der Waals surface area contributed by atoms with Crippen LogP contribution in [-0.4, -0.2) is 19.8 Å². The van der Waals surface area contributed by atoms with Crippen molar-refractivity contribution in [1.82, 2.24) is 0 Å². The van der Waals surface area contributed by atoms with E-state index in [-0.39, 0.29) is 72.3 Å². The maximum absolute atomic E-state index is 9.86. The van der Waals surface area contributed by atoms with E-state index >= 15 is 0 Å². The largest absolute Gasteiger partial charge is 1.00 e. The van der Waals surface area contributed by atoms with E-state index in [0.29, 0.717) is 6.61 Å². The molecule has 0 atom stereocenters. The van der Waals surface area contributed by atoms with Crippen LogP contribution in [0.3, 0.4) is 0 Å². The molecule has 0 aromatic carbocycles. The predicted octanol–water partition coefficient (Wildman–Crippen LogP) is -6.73. The van der Waals surface area contributed by atoms with Gasteiger partial charge in [0.15, 0.2) is 0 Å². The molecule has 0 aromatic heterocycles. The number of phosphoric acid groups is 1. The fraction of sp³-hybridized carbons (Fsp3) is 1.00. The van der Waals surface area contributed by atoms with Crippen LogP contribution in [0, 0.1) is 0 Å². The van der Waals surface area contributed by atoms with Gasteiger partial charge in [-0.1, -0.05) is 6.92 Å². The van der Waals surface area contributed by atoms with Gasteiger partial charge >= 0.3 is 59.1 Å². The zero-order chi connectivity index (χ0) is 8.74. The van der Waals surface area contributed by atoms with Gasteiger partial charge in [-0.2, -0.15) is 0 Å². The molecule has 0 amide bonds. The maximum Gasteiger partial charge on any atom is 1.00 e. The van der Waals surface area contributed by atoms with Crippen LogP contribution in [0.25, 0.3) is 0 Å². The second-order valence-corrected chi connectivity index (χ2v) is 3.05. The van der Waals surface area contributed by atoms with Crippen LogP contribution in [-0.2, 0) is 13.8 Å². The van der Waals surface area contributed by atoms with Gasteiger partial charge in [0.1, 0.15) is 0 Å². The van der Waals surface area contributed by atoms with Gasteiger partial charge in [-0.15, -0.1) is 0 Å². The summed E-state index contributed by atoms with van der Waals surface area (Å²) in [5, 5.41) is 0. The molecule has 0 heterocycles. The zero-order valence-electron chi connectivity index (χ0n) is 8.32. The van der Waals surface area contributed by atoms with Gasteiger partial charge in [0.05, 0.1) is 21.0 Å². The SMILES string of the molecule is CCCOCCOP(=O)([O-])[O-].[Na+].[Na+]. The van der Waals surface area contributed by atoms with Gasteiger partial charge in [-0.05, 0) is 6.42 Å². The monoisotopic (exact) mass is 228 g/mol. The Bertz CT molecular complexity index is 139. The normalized spacial score (nSPS) is 10.1. The van der Waals surface area contributed by atoms with Crippen molar-refractivity contribution in [2.24, 2.45) is 0 Å². The maximum atomic E-state index is 9.86. The molecule has 68 valence electrons. The van der Waals surface area contributed by atoms with E-state index in [9.17, 15) is 14.4 Å². The summed E-state index contributed by atoms with van der Waals surface area (Å²) in [5.74, 6) is 0. The van der Waals surface area contributed by atoms with E-state index in [1.54, 1.807) is 0 Å². The molecule has 0 aliphatic carbocycles. The zero-order valence-corrected chi connectivity index (χ0v) is 13.2. The van der Waals surface area contributed by atoms with Crippen molar-refractivity contribution in [3.8, 4) is 0 Å². The first kappa shape index (κ1) is 20.5. The first-order valence-corrected chi connectivity index (χ1v) is 4.76. The first-order valence-electron chi connectivity index (χ1n) is 3.30. The molecule has 0 aromatic rings. The van der Waals surface area contributed by atoms with Crippen molar-refractivity contribution in [3.63, 3.8) is 0 Å². The van der Waals surface area contributed by atoms with E-state index in [0.717, 1.165) is 6.42 Å². The smallest absolute Gasteiger partial charge is 0.790 e. The number of hydrogen-bond donors (Lipinski definition) is 0. The Morgan fingerprint density at radius 2 is 1.69 bits per heavy atom. The molecular formula is C5H11Na2O5P. The molecule has 0 fully saturated rings. The summed E-state index contributed by atoms with van der Waals surface area (Å²) in [6.45, 7) is 2.42. The molecule has 0 N–H and O–H groups in total. The fourth-order valence-corrected chi connectivity index (χ4v) is 0.753. The summed E-state index contributed by atoms with van der Waals surface area (Å²) in [4.78, 5) is 19.7. The molecule has 0 aliphatic rings. The van der Waals surface area contributed by atoms with E-state index in [2.05, 4.69) is 4.52 Å². The number of hydrogen-bond acceptors (Lipinski definition) is 5. The molecule has 0 radical (unpaired) electrons. The molecular weight excluding hydrogens is 217 g/mol. The Morgan fingerprint density at radius 1 is 1.15 bits per heavy atom. The summed E-state index contributed by atoms with van der Waals surface area (Å²) in [6, 6.07) is 0. The quantitative estimate of drug-likeness (QED) is 0.256. The van der Waals surface area contributed by atoms with Gasteiger partial charge < -0.3 is 23.6 Å². The molecule has 0 aliphatic heterocycles. The topological polar surface area (TPSA) is 81.7 Å². The Balaban J connectivity index is -0.000000500. The third kappa shape index (κ3) is 20.2. The standard InChI is InChI=1S/C5H13O5P.2Na/c1-2-3-9-4-5-10-11(6,7)8;;/h2-5H2,1H3,(H2,6,7,8);;/q;2*+1/p-2. The van der Waals surface area contributed by atoms with E-state index < -0.39 is 7.82 Å². The van der Waals surface area contributed by atoms with Crippen molar-refractivity contribution in [2.75, 3.05) is 19.8 Å². The summed E-state index contributed by atoms with van der Waals surface area (Å²) < 4.78 is 18.6. The summed E-state index contributed by atoms with van der Waals surface area (Å²) in [7, 11) is -4.79. The van der Waals surface area contributed by atoms with E-state index in [4.69, 9.17) is 4.74 Å². The molecule has 13 heavy (non-hydrogen) atoms. The van der Waals surface area contributed by atoms with Crippen molar-refractivity contribution in [3.05, 3.63) is 0 Å². The van der Waals surface area contributed by atoms with Crippen LogP contribution in [0.15, 0.2) is 0 Å². The fourth-order valence-electron chi connectivity index (χ4n) is 0.454. The molecule has 0 rings (SSSR count). The molecule has 8 heteroatoms. The van der Waals surface area contributed by atoms with Crippen LogP contribution >= 0.6 is 7.82 Å². The molecule has 0 saturated heterocycles. The van der Waals surface area contributed by atoms with Crippen molar-refractivity contribution in [2.45, 2.75) is 13.3 Å². The van der Waals surface area contributed by atoms with Crippen LogP contribution < -0.4 is 68.9 Å². The summed E-state index contributed by atoms with van der Waals surface area (Å²) in [5.41, 5.74) is 0. The van der Waals surface area contributed by atoms with Crippen LogP contribution in [0.1, 0.15) is 13.3 Å². The van der Waals surface area contributed by atoms with Crippen LogP contribution in [0.2, 0.25) is 0 Å². The Kier molecular flexibility index (Phi) is 19.1. The average Bonchev–Trinajstić information content (AvgIpc) is 1.85. The van der Waals surface area contributed by atoms with Gasteiger partial charge in [-0.25, -0.2) is 0 Å². The predicted molar refractivity (Wildman–Crippen MR) is 34.7 cm³/mol. The third-order valence-corrected chi connectivity index (χ3v) is 1.32. The van der Waals surface area contributed by atoms with E-state index in [1.165, 1.54) is 0 Å². The minimum absolute atomic E-state index is 0. The van der Waals surface area contributed by atoms with Gasteiger partial charge in [0, 0.05) is 6.61 Å². The Morgan fingerprint density at radius 3 is 2.08 bits per heavy atom. The van der Waals surface area contributed by atoms with Crippen molar-refractivity contribution >= 4 is 7.82 Å². The molecule has 5 nitrogen and oxygen atoms in total. The van der Waals surface area contributed by atoms with Crippen LogP contribution in [0.4, 0.5) is 0 Å². The molecule has 0 spiro atoms. The van der Waals surface area contributed by atoms with Crippen molar-refractivity contribution < 1.29 is 82.7 Å². The first-order chi connectivity index (χ1) is 5.06. The minimum Gasteiger partial charge on any atom is -0.790 e. The second-order valence-electron chi connectivity index (χ2n) is 1.89. The Hall–Kier alpha value is 2.07. The van der Waals surface area contributed by atoms with Crippen molar-refractivity contribution in [1.29, 1.82) is 0 Å². The molecule has 0 unspecified atom stereocenters. The van der Waals surface area contributed by atoms with Gasteiger partial charge in [0.2, 0.25) is 0 Å². The van der Waals surface area contributed by atoms with E-state index in [1.807, 2.05) is 6.92 Å². The third-order valence-electron chi connectivity index (χ3n) is 0.826. The number of ether oxygens (including phenoxy) is 1. The van der Waals surface area contributed by atoms with Gasteiger partial charge in [-0.3, -0.25) is 0 Å². The van der Waals surface area contributed by atoms with Gasteiger partial charge in [0.25, 0.3) is 0 Å². The van der Waals surface area contributed by atoms with Crippen LogP contribution in [0.5, 0.6) is 0 Å². The minimum atomic E-state index is -4.79. The Labute approximate surface area is 122 Å². The summed E-state index contributed by atoms with van der Waals surface area (Å²) >= 11 is 0. The number of rotatable bonds is 6. The second kappa shape index (κ2) is 12.1.